The summed E-state index contributed by atoms with van der Waals surface area (Å²) in [7, 11) is -17.0. The molecule has 2 aromatic rings. The second-order valence-corrected chi connectivity index (χ2v) is 12.1. The predicted octanol–water partition coefficient (Wildman–Crippen LogP) is 0.225. The summed E-state index contributed by atoms with van der Waals surface area (Å²) in [6.07, 6.45) is -4.59. The third-order valence-electron chi connectivity index (χ3n) is 4.41. The number of aromatic nitrogens is 3. The number of nitrogens with zero attached hydrogens (tertiary/aromatic N) is 2. The second kappa shape index (κ2) is 10.1. The van der Waals surface area contributed by atoms with Crippen molar-refractivity contribution in [1.29, 1.82) is 0 Å². The van der Waals surface area contributed by atoms with E-state index in [1.54, 1.807) is 0 Å². The lowest BCUT2D eigenvalue weighted by molar-refractivity contribution is -0.0427. The SMILES string of the molecule is Nc1nc2c(c(F)cn2[C@@H]2O[C@H](COP(=O)(O)OP(=O)(O)OP(=O)(O)O)[C@H](O)C2(Cl)C#CCl)c(=O)[nH]1. The van der Waals surface area contributed by atoms with E-state index in [9.17, 15) is 37.8 Å². The molecule has 6 atom stereocenters. The molecule has 3 heterocycles. The lowest BCUT2D eigenvalue weighted by atomic mass is 9.99. The number of alkyl halides is 1. The summed E-state index contributed by atoms with van der Waals surface area (Å²) >= 11 is 11.8. The number of phosphoric acid groups is 3. The molecule has 3 unspecified atom stereocenters. The van der Waals surface area contributed by atoms with Crippen molar-refractivity contribution in [3.05, 3.63) is 22.4 Å². The molecule has 200 valence electrons. The number of aliphatic hydroxyl groups excluding tert-OH is 1. The highest BCUT2D eigenvalue weighted by molar-refractivity contribution is 7.66. The molecule has 0 spiro atoms. The molecule has 1 aliphatic heterocycles. The summed E-state index contributed by atoms with van der Waals surface area (Å²) in [5, 5.41) is 12.0. The molecule has 3 rings (SSSR count). The summed E-state index contributed by atoms with van der Waals surface area (Å²) < 4.78 is 66.6. The highest BCUT2D eigenvalue weighted by Crippen LogP contribution is 2.66. The number of rotatable bonds is 8. The van der Waals surface area contributed by atoms with E-state index >= 15 is 0 Å². The minimum absolute atomic E-state index is 0.388. The molecular formula is C13H14Cl2FN4O13P3. The van der Waals surface area contributed by atoms with Gasteiger partial charge >= 0.3 is 23.5 Å². The first-order chi connectivity index (χ1) is 16.4. The summed E-state index contributed by atoms with van der Waals surface area (Å²) in [6, 6.07) is 0. The molecule has 8 N–H and O–H groups in total. The Morgan fingerprint density at radius 2 is 1.92 bits per heavy atom. The average Bonchev–Trinajstić information content (AvgIpc) is 3.12. The Bertz CT molecular complexity index is 1450. The predicted molar refractivity (Wildman–Crippen MR) is 117 cm³/mol. The number of nitrogens with two attached hydrogens (primary N) is 1. The molecule has 1 fully saturated rings. The number of nitrogens with one attached hydrogen (secondary N) is 1. The maximum atomic E-state index is 14.5. The van der Waals surface area contributed by atoms with Crippen molar-refractivity contribution >= 4 is 63.7 Å². The summed E-state index contributed by atoms with van der Waals surface area (Å²) in [5.41, 5.74) is 4.15. The maximum absolute atomic E-state index is 14.5. The Kier molecular flexibility index (Phi) is 8.16. The van der Waals surface area contributed by atoms with Crippen LogP contribution in [0.15, 0.2) is 11.0 Å². The number of phosphoric ester groups is 1. The molecule has 0 saturated carbocycles. The van der Waals surface area contributed by atoms with Crippen molar-refractivity contribution in [2.45, 2.75) is 23.3 Å². The Balaban J connectivity index is 1.91. The van der Waals surface area contributed by atoms with Gasteiger partial charge in [0.2, 0.25) is 5.95 Å². The molecule has 0 radical (unpaired) electrons. The van der Waals surface area contributed by atoms with Crippen LogP contribution < -0.4 is 11.3 Å². The smallest absolute Gasteiger partial charge is 0.387 e. The Labute approximate surface area is 208 Å². The van der Waals surface area contributed by atoms with Gasteiger partial charge in [-0.1, -0.05) is 17.5 Å². The minimum atomic E-state index is -5.81. The van der Waals surface area contributed by atoms with Crippen molar-refractivity contribution in [2.75, 3.05) is 12.3 Å². The van der Waals surface area contributed by atoms with Gasteiger partial charge in [-0.2, -0.15) is 13.6 Å². The monoisotopic (exact) mass is 616 g/mol. The van der Waals surface area contributed by atoms with Gasteiger partial charge in [0.25, 0.3) is 5.56 Å². The normalized spacial score (nSPS) is 27.8. The first-order valence-electron chi connectivity index (χ1n) is 8.88. The van der Waals surface area contributed by atoms with Gasteiger partial charge < -0.3 is 35.2 Å². The van der Waals surface area contributed by atoms with E-state index in [1.165, 1.54) is 0 Å². The van der Waals surface area contributed by atoms with E-state index in [0.717, 1.165) is 10.8 Å². The largest absolute Gasteiger partial charge is 0.490 e. The van der Waals surface area contributed by atoms with E-state index in [2.05, 4.69) is 29.0 Å². The van der Waals surface area contributed by atoms with E-state index in [0.29, 0.717) is 0 Å². The number of halogens is 3. The molecule has 0 amide bonds. The van der Waals surface area contributed by atoms with E-state index in [1.807, 2.05) is 5.38 Å². The van der Waals surface area contributed by atoms with Gasteiger partial charge in [-0.25, -0.2) is 18.1 Å². The summed E-state index contributed by atoms with van der Waals surface area (Å²) in [5.74, 6) is 0.712. The van der Waals surface area contributed by atoms with Gasteiger partial charge in [0.1, 0.15) is 17.6 Å². The van der Waals surface area contributed by atoms with Crippen LogP contribution in [0.4, 0.5) is 10.3 Å². The summed E-state index contributed by atoms with van der Waals surface area (Å²) in [4.78, 5) is 51.7. The van der Waals surface area contributed by atoms with Crippen LogP contribution in [-0.4, -0.2) is 62.9 Å². The number of aliphatic hydroxyl groups is 1. The van der Waals surface area contributed by atoms with Gasteiger partial charge in [0, 0.05) is 11.6 Å². The molecule has 0 aromatic carbocycles. The molecule has 17 nitrogen and oxygen atoms in total. The number of aromatic amines is 1. The molecule has 36 heavy (non-hydrogen) atoms. The average molecular weight is 617 g/mol. The van der Waals surface area contributed by atoms with Gasteiger partial charge in [-0.3, -0.25) is 18.9 Å². The number of hydrogen-bond donors (Lipinski definition) is 7. The lowest BCUT2D eigenvalue weighted by Crippen LogP contribution is -2.41. The first-order valence-corrected chi connectivity index (χ1v) is 14.2. The number of hydrogen-bond acceptors (Lipinski definition) is 11. The van der Waals surface area contributed by atoms with Crippen LogP contribution in [0.1, 0.15) is 6.23 Å². The Morgan fingerprint density at radius 1 is 1.28 bits per heavy atom. The van der Waals surface area contributed by atoms with Crippen LogP contribution in [0.3, 0.4) is 0 Å². The fourth-order valence-electron chi connectivity index (χ4n) is 3.14. The molecule has 23 heteroatoms. The quantitative estimate of drug-likeness (QED) is 0.119. The van der Waals surface area contributed by atoms with Crippen LogP contribution in [0.25, 0.3) is 11.0 Å². The number of ether oxygens (including phenoxy) is 1. The standard InChI is InChI=1S/C13H14Cl2FN4O13P3/c14-2-1-13(15)8(21)6(4-30-35(26,27)33-36(28,29)32-34(23,24)25)31-11(13)20-3-5(16)7-9(20)18-12(17)19-10(7)22/h3,6,8,11,21H,4H2,(H,26,27)(H,28,29)(H2,23,24,25)(H3,17,18,19,22)/t6-,8+,11-,13?/m1/s1. The molecule has 2 aromatic heterocycles. The third-order valence-corrected chi connectivity index (χ3v) is 8.81. The molecule has 1 saturated heterocycles. The maximum Gasteiger partial charge on any atom is 0.490 e. The van der Waals surface area contributed by atoms with Gasteiger partial charge in [-0.05, 0) is 11.6 Å². The van der Waals surface area contributed by atoms with Crippen molar-refractivity contribution in [3.8, 4) is 11.3 Å². The third kappa shape index (κ3) is 6.18. The van der Waals surface area contributed by atoms with Crippen LogP contribution in [0, 0.1) is 17.1 Å². The van der Waals surface area contributed by atoms with Gasteiger partial charge in [0.05, 0.1) is 6.61 Å². The van der Waals surface area contributed by atoms with Crippen molar-refractivity contribution < 1.29 is 60.6 Å². The lowest BCUT2D eigenvalue weighted by Gasteiger charge is -2.25. The zero-order valence-electron chi connectivity index (χ0n) is 17.0. The number of nitrogen functional groups attached to an aromatic ring is 1. The zero-order chi connectivity index (χ0) is 27.3. The van der Waals surface area contributed by atoms with Crippen LogP contribution in [0.5, 0.6) is 0 Å². The van der Waals surface area contributed by atoms with Crippen molar-refractivity contribution in [2.24, 2.45) is 0 Å². The topological polar surface area (TPSA) is 266 Å². The van der Waals surface area contributed by atoms with E-state index in [4.69, 9.17) is 43.5 Å². The summed E-state index contributed by atoms with van der Waals surface area (Å²) in [6.45, 7) is -1.13. The Morgan fingerprint density at radius 3 is 2.50 bits per heavy atom. The second-order valence-electron chi connectivity index (χ2n) is 6.88. The Hall–Kier alpha value is -1.38. The highest BCUT2D eigenvalue weighted by Gasteiger charge is 2.57. The number of fused-ring (bicyclic) bond motifs is 1. The van der Waals surface area contributed by atoms with Crippen LogP contribution in [0.2, 0.25) is 0 Å². The molecule has 0 aliphatic carbocycles. The zero-order valence-corrected chi connectivity index (χ0v) is 21.2. The van der Waals surface area contributed by atoms with Crippen LogP contribution in [-0.2, 0) is 31.6 Å². The van der Waals surface area contributed by atoms with Gasteiger partial charge in [-0.15, -0.1) is 0 Å². The fourth-order valence-corrected chi connectivity index (χ4v) is 6.72. The molecular weight excluding hydrogens is 603 g/mol. The van der Waals surface area contributed by atoms with Crippen molar-refractivity contribution in [3.63, 3.8) is 0 Å². The minimum Gasteiger partial charge on any atom is -0.387 e. The van der Waals surface area contributed by atoms with Gasteiger partial charge in [0.15, 0.2) is 22.6 Å². The molecule has 1 aliphatic rings. The van der Waals surface area contributed by atoms with Crippen molar-refractivity contribution in [1.82, 2.24) is 14.5 Å². The first kappa shape index (κ1) is 29.2. The van der Waals surface area contributed by atoms with E-state index in [-0.39, 0.29) is 5.65 Å². The molecule has 0 bridgehead atoms. The van der Waals surface area contributed by atoms with E-state index < -0.39 is 76.1 Å². The number of anilines is 1. The highest BCUT2D eigenvalue weighted by atomic mass is 35.5. The fraction of sp³-hybridized carbons (Fsp3) is 0.385. The van der Waals surface area contributed by atoms with Crippen LogP contribution >= 0.6 is 46.7 Å². The number of H-pyrrole nitrogens is 1.